The second-order valence-corrected chi connectivity index (χ2v) is 13.5. The molecule has 218 valence electrons. The maximum absolute atomic E-state index is 14.2. The fourth-order valence-corrected chi connectivity index (χ4v) is 7.47. The Morgan fingerprint density at radius 1 is 1.05 bits per heavy atom. The lowest BCUT2D eigenvalue weighted by molar-refractivity contribution is -0.274. The highest BCUT2D eigenvalue weighted by molar-refractivity contribution is 7.90. The molecule has 41 heavy (non-hydrogen) atoms. The van der Waals surface area contributed by atoms with E-state index < -0.39 is 27.8 Å². The predicted octanol–water partition coefficient (Wildman–Crippen LogP) is 8.18. The number of nitrogens with zero attached hydrogens (tertiary/aromatic N) is 2. The third-order valence-corrected chi connectivity index (χ3v) is 9.07. The zero-order valence-corrected chi connectivity index (χ0v) is 23.7. The van der Waals surface area contributed by atoms with Gasteiger partial charge in [0, 0.05) is 11.7 Å². The van der Waals surface area contributed by atoms with Gasteiger partial charge in [-0.2, -0.15) is 0 Å². The van der Waals surface area contributed by atoms with Gasteiger partial charge in [-0.15, -0.1) is 13.2 Å². The number of imidazole rings is 1. The van der Waals surface area contributed by atoms with E-state index in [1.54, 1.807) is 12.1 Å². The minimum Gasteiger partial charge on any atom is -0.406 e. The number of nitrogens with one attached hydrogen (secondary N) is 1. The Balaban J connectivity index is 1.52. The Morgan fingerprint density at radius 3 is 2.41 bits per heavy atom. The van der Waals surface area contributed by atoms with Gasteiger partial charge in [0.15, 0.2) is 9.84 Å². The van der Waals surface area contributed by atoms with Crippen LogP contribution in [-0.4, -0.2) is 24.3 Å². The van der Waals surface area contributed by atoms with Crippen LogP contribution in [-0.2, 0) is 15.6 Å². The SMILES string of the molecule is C[C@@H]1C[C@H](n2c(Nc3ccc(OC(F)(F)F)cc3)nc3cc(CS(=O)(=O)c4ccccc4F)ccc32)CC(C)(C)C1. The normalized spacial score (nSPS) is 19.3. The Kier molecular flexibility index (Phi) is 7.52. The molecule has 1 N–H and O–H groups in total. The van der Waals surface area contributed by atoms with Gasteiger partial charge in [0.05, 0.1) is 16.8 Å². The summed E-state index contributed by atoms with van der Waals surface area (Å²) in [7, 11) is -3.94. The van der Waals surface area contributed by atoms with E-state index in [0.717, 1.165) is 30.8 Å². The van der Waals surface area contributed by atoms with Crippen molar-refractivity contribution in [2.75, 3.05) is 5.32 Å². The second-order valence-electron chi connectivity index (χ2n) is 11.6. The number of hydrogen-bond acceptors (Lipinski definition) is 5. The van der Waals surface area contributed by atoms with Gasteiger partial charge in [0.2, 0.25) is 5.95 Å². The van der Waals surface area contributed by atoms with Gasteiger partial charge in [0.25, 0.3) is 0 Å². The number of aromatic nitrogens is 2. The van der Waals surface area contributed by atoms with E-state index in [-0.39, 0.29) is 22.1 Å². The summed E-state index contributed by atoms with van der Waals surface area (Å²) >= 11 is 0. The molecule has 11 heteroatoms. The highest BCUT2D eigenvalue weighted by Gasteiger charge is 2.35. The summed E-state index contributed by atoms with van der Waals surface area (Å²) < 4.78 is 84.1. The Bertz CT molecular complexity index is 1660. The first-order chi connectivity index (χ1) is 19.2. The first-order valence-corrected chi connectivity index (χ1v) is 15.0. The van der Waals surface area contributed by atoms with Crippen molar-refractivity contribution in [1.82, 2.24) is 9.55 Å². The van der Waals surface area contributed by atoms with E-state index >= 15 is 0 Å². The smallest absolute Gasteiger partial charge is 0.406 e. The summed E-state index contributed by atoms with van der Waals surface area (Å²) in [5, 5.41) is 3.24. The second kappa shape index (κ2) is 10.7. The lowest BCUT2D eigenvalue weighted by Crippen LogP contribution is -2.29. The van der Waals surface area contributed by atoms with Crippen LogP contribution in [0.5, 0.6) is 5.75 Å². The number of ether oxygens (including phenoxy) is 1. The zero-order chi connectivity index (χ0) is 29.6. The van der Waals surface area contributed by atoms with E-state index in [1.165, 1.54) is 42.5 Å². The summed E-state index contributed by atoms with van der Waals surface area (Å²) in [5.41, 5.74) is 2.42. The molecule has 0 amide bonds. The monoisotopic (exact) mass is 589 g/mol. The quantitative estimate of drug-likeness (QED) is 0.220. The van der Waals surface area contributed by atoms with Crippen molar-refractivity contribution in [3.63, 3.8) is 0 Å². The van der Waals surface area contributed by atoms with Crippen molar-refractivity contribution >= 4 is 32.5 Å². The molecule has 0 unspecified atom stereocenters. The van der Waals surface area contributed by atoms with Gasteiger partial charge in [0.1, 0.15) is 16.5 Å². The number of fused-ring (bicyclic) bond motifs is 1. The van der Waals surface area contributed by atoms with Crippen LogP contribution in [0.25, 0.3) is 11.0 Å². The Hall–Kier alpha value is -3.60. The largest absolute Gasteiger partial charge is 0.573 e. The molecule has 6 nitrogen and oxygen atoms in total. The molecule has 0 spiro atoms. The number of sulfone groups is 1. The first-order valence-electron chi connectivity index (χ1n) is 13.3. The third kappa shape index (κ3) is 6.66. The van der Waals surface area contributed by atoms with Crippen LogP contribution < -0.4 is 10.1 Å². The van der Waals surface area contributed by atoms with Crippen LogP contribution in [0.4, 0.5) is 29.2 Å². The van der Waals surface area contributed by atoms with Gasteiger partial charge in [-0.25, -0.2) is 17.8 Å². The molecule has 1 fully saturated rings. The van der Waals surface area contributed by atoms with Crippen molar-refractivity contribution in [3.8, 4) is 5.75 Å². The molecule has 0 saturated heterocycles. The molecule has 0 bridgehead atoms. The van der Waals surface area contributed by atoms with Gasteiger partial charge in [-0.05, 0) is 84.7 Å². The minimum atomic E-state index is -4.79. The molecule has 0 aliphatic heterocycles. The molecule has 2 atom stereocenters. The topological polar surface area (TPSA) is 73.2 Å². The standard InChI is InChI=1S/C30H31F4N3O3S/c1-19-14-22(17-29(2,3)16-19)37-26-13-8-20(18-41(38,39)27-7-5-4-6-24(27)31)15-25(26)36-28(37)35-21-9-11-23(12-10-21)40-30(32,33)34/h4-13,15,19,22H,14,16-18H2,1-3H3,(H,35,36)/t19-,22+/m1/s1. The average Bonchev–Trinajstić information content (AvgIpc) is 3.20. The van der Waals surface area contributed by atoms with E-state index in [9.17, 15) is 26.0 Å². The molecule has 1 saturated carbocycles. The average molecular weight is 590 g/mol. The fourth-order valence-electron chi connectivity index (χ4n) is 6.05. The molecule has 1 aliphatic rings. The van der Waals surface area contributed by atoms with E-state index in [0.29, 0.717) is 28.6 Å². The molecular weight excluding hydrogens is 558 g/mol. The lowest BCUT2D eigenvalue weighted by Gasteiger charge is -2.40. The van der Waals surface area contributed by atoms with E-state index in [2.05, 4.69) is 35.4 Å². The van der Waals surface area contributed by atoms with Crippen LogP contribution in [0.15, 0.2) is 71.6 Å². The molecular formula is C30H31F4N3O3S. The van der Waals surface area contributed by atoms with Crippen LogP contribution >= 0.6 is 0 Å². The Morgan fingerprint density at radius 2 is 1.76 bits per heavy atom. The summed E-state index contributed by atoms with van der Waals surface area (Å²) in [6.07, 6.45) is -1.91. The number of rotatable bonds is 7. The third-order valence-electron chi connectivity index (χ3n) is 7.36. The highest BCUT2D eigenvalue weighted by atomic mass is 32.2. The predicted molar refractivity (Wildman–Crippen MR) is 149 cm³/mol. The maximum Gasteiger partial charge on any atom is 0.573 e. The maximum atomic E-state index is 14.2. The summed E-state index contributed by atoms with van der Waals surface area (Å²) in [6.45, 7) is 6.67. The number of alkyl halides is 3. The fraction of sp³-hybridized carbons (Fsp3) is 0.367. The van der Waals surface area contributed by atoms with Gasteiger partial charge >= 0.3 is 6.36 Å². The minimum absolute atomic E-state index is 0.0839. The van der Waals surface area contributed by atoms with Gasteiger partial charge in [-0.1, -0.05) is 39.0 Å². The molecule has 5 rings (SSSR count). The van der Waals surface area contributed by atoms with E-state index in [4.69, 9.17) is 4.98 Å². The van der Waals surface area contributed by atoms with Crippen LogP contribution in [0.2, 0.25) is 0 Å². The lowest BCUT2D eigenvalue weighted by atomic mass is 9.70. The van der Waals surface area contributed by atoms with Crippen LogP contribution in [0.1, 0.15) is 51.6 Å². The van der Waals surface area contributed by atoms with Gasteiger partial charge < -0.3 is 14.6 Å². The number of halogens is 4. The summed E-state index contributed by atoms with van der Waals surface area (Å²) in [4.78, 5) is 4.43. The highest BCUT2D eigenvalue weighted by Crippen LogP contribution is 2.46. The summed E-state index contributed by atoms with van der Waals surface area (Å²) in [5.74, 6) is -0.579. The summed E-state index contributed by atoms with van der Waals surface area (Å²) in [6, 6.07) is 16.0. The number of anilines is 2. The van der Waals surface area contributed by atoms with E-state index in [1.807, 2.05) is 6.07 Å². The van der Waals surface area contributed by atoms with Crippen molar-refractivity contribution in [3.05, 3.63) is 78.1 Å². The zero-order valence-electron chi connectivity index (χ0n) is 22.9. The molecule has 1 aliphatic carbocycles. The first kappa shape index (κ1) is 28.9. The van der Waals surface area contributed by atoms with Crippen LogP contribution in [0.3, 0.4) is 0 Å². The van der Waals surface area contributed by atoms with Crippen molar-refractivity contribution in [2.24, 2.45) is 11.3 Å². The van der Waals surface area contributed by atoms with Crippen molar-refractivity contribution < 1.29 is 30.7 Å². The molecule has 3 aromatic carbocycles. The molecule has 4 aromatic rings. The van der Waals surface area contributed by atoms with Crippen molar-refractivity contribution in [1.29, 1.82) is 0 Å². The Labute approximate surface area is 236 Å². The molecule has 1 heterocycles. The molecule has 0 radical (unpaired) electrons. The number of benzene rings is 3. The van der Waals surface area contributed by atoms with Crippen molar-refractivity contribution in [2.45, 2.75) is 63.1 Å². The molecule has 1 aromatic heterocycles. The number of hydrogen-bond donors (Lipinski definition) is 1. The van der Waals surface area contributed by atoms with Crippen LogP contribution in [0, 0.1) is 17.2 Å². The van der Waals surface area contributed by atoms with Gasteiger partial charge in [-0.3, -0.25) is 0 Å².